The van der Waals surface area contributed by atoms with E-state index in [1.165, 1.54) is 27.0 Å². The number of nitrogens with zero attached hydrogens (tertiary/aromatic N) is 2. The number of phosphoric ester groups is 2. The van der Waals surface area contributed by atoms with Crippen molar-refractivity contribution in [1.82, 2.24) is 9.55 Å². The predicted octanol–water partition coefficient (Wildman–Crippen LogP) is -2.24. The number of hydrogen-bond donors (Lipinski definition) is 6. The molecule has 0 saturated carbocycles. The molecule has 0 radical (unpaired) electrons. The van der Waals surface area contributed by atoms with Crippen molar-refractivity contribution < 1.29 is 76.1 Å². The van der Waals surface area contributed by atoms with Crippen LogP contribution in [-0.4, -0.2) is 117 Å². The highest BCUT2D eigenvalue weighted by Gasteiger charge is 2.57. The number of rotatable bonds is 12. The van der Waals surface area contributed by atoms with Crippen molar-refractivity contribution in [1.29, 1.82) is 0 Å². The zero-order valence-corrected chi connectivity index (χ0v) is 24.5. The fourth-order valence-electron chi connectivity index (χ4n) is 4.39. The summed E-state index contributed by atoms with van der Waals surface area (Å²) in [5, 5.41) is 31.6. The van der Waals surface area contributed by atoms with Crippen molar-refractivity contribution in [3.63, 3.8) is 0 Å². The van der Waals surface area contributed by atoms with Gasteiger partial charge in [-0.15, -0.1) is 0 Å². The number of hydrogen-bond acceptors (Lipinski definition) is 17. The zero-order chi connectivity index (χ0) is 31.6. The van der Waals surface area contributed by atoms with E-state index in [0.717, 1.165) is 17.9 Å². The van der Waals surface area contributed by atoms with Crippen LogP contribution in [0.25, 0.3) is 0 Å². The van der Waals surface area contributed by atoms with Gasteiger partial charge in [0.05, 0.1) is 12.7 Å². The van der Waals surface area contributed by atoms with Gasteiger partial charge in [0, 0.05) is 20.4 Å². The summed E-state index contributed by atoms with van der Waals surface area (Å²) in [5.41, 5.74) is 2.42. The number of carbonyl (C=O) groups is 1. The van der Waals surface area contributed by atoms with Crippen LogP contribution in [0.1, 0.15) is 20.1 Å². The maximum Gasteiger partial charge on any atom is 0.483 e. The number of aliphatic hydroxyl groups is 3. The molecule has 0 aromatic carbocycles. The van der Waals surface area contributed by atoms with Crippen molar-refractivity contribution in [2.24, 2.45) is 0 Å². The summed E-state index contributed by atoms with van der Waals surface area (Å²) in [7, 11) is -8.66. The SMILES string of the molecule is COCC(=O)OC1C(C)OC(OP(=O)(O)OP(=O)(O)OCC2OC(n3ccc(N)nc3=O)C(O)C2O)C(OC)C1(C)O. The summed E-state index contributed by atoms with van der Waals surface area (Å²) in [6, 6.07) is 1.22. The smallest absolute Gasteiger partial charge is 0.455 e. The van der Waals surface area contributed by atoms with E-state index < -0.39 is 95.3 Å². The zero-order valence-electron chi connectivity index (χ0n) is 22.7. The molecule has 3 heterocycles. The summed E-state index contributed by atoms with van der Waals surface area (Å²) in [5.74, 6) is -0.966. The van der Waals surface area contributed by atoms with Crippen LogP contribution in [0, 0.1) is 0 Å². The van der Waals surface area contributed by atoms with E-state index in [4.69, 9.17) is 29.2 Å². The molecule has 1 aromatic rings. The van der Waals surface area contributed by atoms with Crippen LogP contribution in [0.2, 0.25) is 0 Å². The molecule has 42 heavy (non-hydrogen) atoms. The minimum Gasteiger partial charge on any atom is -0.455 e. The van der Waals surface area contributed by atoms with Crippen molar-refractivity contribution in [3.05, 3.63) is 22.7 Å². The Morgan fingerprint density at radius 1 is 1.17 bits per heavy atom. The van der Waals surface area contributed by atoms with Crippen LogP contribution in [0.3, 0.4) is 0 Å². The van der Waals surface area contributed by atoms with E-state index >= 15 is 0 Å². The number of phosphoric acid groups is 2. The van der Waals surface area contributed by atoms with E-state index in [1.807, 2.05) is 0 Å². The lowest BCUT2D eigenvalue weighted by atomic mass is 9.86. The molecule has 0 bridgehead atoms. The van der Waals surface area contributed by atoms with Gasteiger partial charge in [-0.05, 0) is 19.9 Å². The van der Waals surface area contributed by atoms with Crippen molar-refractivity contribution in [2.45, 2.75) is 68.6 Å². The van der Waals surface area contributed by atoms with Crippen LogP contribution in [0.15, 0.2) is 17.1 Å². The number of nitrogen functional groups attached to an aromatic ring is 1. The molecule has 0 amide bonds. The Bertz CT molecular complexity index is 1260. The van der Waals surface area contributed by atoms with Crippen molar-refractivity contribution in [3.8, 4) is 0 Å². The molecule has 3 rings (SSSR count). The molecular weight excluding hydrogens is 616 g/mol. The van der Waals surface area contributed by atoms with E-state index in [0.29, 0.717) is 0 Å². The fourth-order valence-corrected chi connectivity index (χ4v) is 6.54. The summed E-state index contributed by atoms with van der Waals surface area (Å²) >= 11 is 0. The number of ether oxygens (including phenoxy) is 5. The normalized spacial score (nSPS) is 36.2. The van der Waals surface area contributed by atoms with Crippen molar-refractivity contribution >= 4 is 27.4 Å². The van der Waals surface area contributed by atoms with Crippen LogP contribution >= 0.6 is 15.6 Å². The van der Waals surface area contributed by atoms with Gasteiger partial charge in [-0.25, -0.2) is 18.7 Å². The average Bonchev–Trinajstić information content (AvgIpc) is 3.13. The highest BCUT2D eigenvalue weighted by Crippen LogP contribution is 2.61. The van der Waals surface area contributed by atoms with E-state index in [-0.39, 0.29) is 5.82 Å². The monoisotopic (exact) mass is 649 g/mol. The van der Waals surface area contributed by atoms with Gasteiger partial charge in [0.25, 0.3) is 0 Å². The molecule has 2 saturated heterocycles. The number of esters is 1. The van der Waals surface area contributed by atoms with Crippen LogP contribution in [0.4, 0.5) is 5.82 Å². The van der Waals surface area contributed by atoms with Gasteiger partial charge in [-0.3, -0.25) is 13.6 Å². The minimum absolute atomic E-state index is 0.114. The molecule has 2 aliphatic heterocycles. The second-order valence-corrected chi connectivity index (χ2v) is 12.4. The molecule has 22 heteroatoms. The van der Waals surface area contributed by atoms with Gasteiger partial charge >= 0.3 is 27.3 Å². The Hall–Kier alpha value is -1.87. The Morgan fingerprint density at radius 2 is 1.83 bits per heavy atom. The molecule has 11 atom stereocenters. The Balaban J connectivity index is 1.64. The summed E-state index contributed by atoms with van der Waals surface area (Å²) < 4.78 is 65.5. The second kappa shape index (κ2) is 13.4. The third-order valence-corrected chi connectivity index (χ3v) is 8.86. The number of aromatic nitrogens is 2. The lowest BCUT2D eigenvalue weighted by Crippen LogP contribution is -2.66. The number of anilines is 1. The number of aliphatic hydroxyl groups excluding tert-OH is 2. The standard InChI is InChI=1S/C20H33N3O17P2/c1-9-15(38-12(24)8-33-3)20(2,28)16(34-4)18(36-9)39-42(31,32)40-41(29,30)35-7-10-13(25)14(26)17(37-10)23-6-5-11(21)22-19(23)27/h5-6,9-10,13-18,25-26,28H,7-8H2,1-4H3,(H,29,30)(H,31,32)(H2,21,22,27). The number of methoxy groups -OCH3 is 2. The van der Waals surface area contributed by atoms with Crippen LogP contribution in [-0.2, 0) is 51.0 Å². The molecule has 11 unspecified atom stereocenters. The minimum atomic E-state index is -5.53. The molecule has 0 spiro atoms. The number of nitrogens with two attached hydrogens (primary N) is 1. The molecule has 2 aliphatic rings. The topological polar surface area (TPSA) is 287 Å². The van der Waals surface area contributed by atoms with E-state index in [9.17, 15) is 43.8 Å². The van der Waals surface area contributed by atoms with Gasteiger partial charge in [-0.2, -0.15) is 9.29 Å². The highest BCUT2D eigenvalue weighted by atomic mass is 31.3. The van der Waals surface area contributed by atoms with E-state index in [2.05, 4.69) is 18.6 Å². The van der Waals surface area contributed by atoms with Gasteiger partial charge < -0.3 is 54.5 Å². The molecule has 20 nitrogen and oxygen atoms in total. The quantitative estimate of drug-likeness (QED) is 0.103. The third-order valence-electron chi connectivity index (χ3n) is 6.26. The Morgan fingerprint density at radius 3 is 2.43 bits per heavy atom. The lowest BCUT2D eigenvalue weighted by molar-refractivity contribution is -0.311. The molecule has 2 fully saturated rings. The Kier molecular flexibility index (Phi) is 11.1. The first-order valence-electron chi connectivity index (χ1n) is 12.1. The average molecular weight is 649 g/mol. The molecular formula is C20H33N3O17P2. The van der Waals surface area contributed by atoms with Crippen LogP contribution in [0.5, 0.6) is 0 Å². The van der Waals surface area contributed by atoms with Crippen molar-refractivity contribution in [2.75, 3.05) is 33.2 Å². The first kappa shape index (κ1) is 34.6. The largest absolute Gasteiger partial charge is 0.483 e. The molecule has 1 aromatic heterocycles. The summed E-state index contributed by atoms with van der Waals surface area (Å²) in [6.07, 6.45) is -11.3. The molecule has 240 valence electrons. The van der Waals surface area contributed by atoms with Gasteiger partial charge in [0.2, 0.25) is 0 Å². The first-order valence-corrected chi connectivity index (χ1v) is 15.1. The van der Waals surface area contributed by atoms with Gasteiger partial charge in [-0.1, -0.05) is 0 Å². The predicted molar refractivity (Wildman–Crippen MR) is 134 cm³/mol. The summed E-state index contributed by atoms with van der Waals surface area (Å²) in [6.45, 7) is 1.10. The Labute approximate surface area is 238 Å². The lowest BCUT2D eigenvalue weighted by Gasteiger charge is -2.48. The van der Waals surface area contributed by atoms with Gasteiger partial charge in [0.1, 0.15) is 42.4 Å². The molecule has 7 N–H and O–H groups in total. The second-order valence-electron chi connectivity index (χ2n) is 9.44. The maximum atomic E-state index is 12.6. The fraction of sp³-hybridized carbons (Fsp3) is 0.750. The molecule has 0 aliphatic carbocycles. The highest BCUT2D eigenvalue weighted by molar-refractivity contribution is 7.61. The van der Waals surface area contributed by atoms with Gasteiger partial charge in [0.15, 0.2) is 18.6 Å². The summed E-state index contributed by atoms with van der Waals surface area (Å²) in [4.78, 5) is 47.6. The van der Waals surface area contributed by atoms with Crippen LogP contribution < -0.4 is 11.4 Å². The maximum absolute atomic E-state index is 12.6. The van der Waals surface area contributed by atoms with E-state index in [1.54, 1.807) is 0 Å². The number of carbonyl (C=O) groups excluding carboxylic acids is 1. The first-order chi connectivity index (χ1) is 19.4. The third kappa shape index (κ3) is 7.99.